The summed E-state index contributed by atoms with van der Waals surface area (Å²) in [4.78, 5) is 31.3. The number of hydrogen-bond acceptors (Lipinski definition) is 6. The van der Waals surface area contributed by atoms with Crippen LogP contribution in [0.3, 0.4) is 0 Å². The van der Waals surface area contributed by atoms with E-state index in [2.05, 4.69) is 0 Å². The summed E-state index contributed by atoms with van der Waals surface area (Å²) >= 11 is 0. The molecule has 1 atom stereocenters. The van der Waals surface area contributed by atoms with Gasteiger partial charge in [-0.3, -0.25) is 14.9 Å². The van der Waals surface area contributed by atoms with E-state index in [1.807, 2.05) is 0 Å². The van der Waals surface area contributed by atoms with Gasteiger partial charge in [0, 0.05) is 5.56 Å². The molecule has 1 rings (SSSR count). The van der Waals surface area contributed by atoms with Gasteiger partial charge in [0.1, 0.15) is 6.29 Å². The normalized spacial score (nSPS) is 11.7. The number of carboxylic acids is 1. The summed E-state index contributed by atoms with van der Waals surface area (Å²) in [5.41, 5.74) is -1.22. The number of aliphatic hydroxyl groups excluding tert-OH is 1. The van der Waals surface area contributed by atoms with Crippen molar-refractivity contribution in [2.24, 2.45) is 0 Å². The first-order valence-corrected chi connectivity index (χ1v) is 4.64. The monoisotopic (exact) mass is 255 g/mol. The number of aliphatic carboxylic acids is 1. The van der Waals surface area contributed by atoms with Crippen molar-refractivity contribution in [3.05, 3.63) is 33.4 Å². The number of aldehydes is 1. The van der Waals surface area contributed by atoms with Crippen LogP contribution in [-0.2, 0) is 4.79 Å². The van der Waals surface area contributed by atoms with Gasteiger partial charge in [0.05, 0.1) is 17.6 Å². The standard InChI is InChI=1S/C10H9NO7/c1-18-7-3-5(4-12)2-6(8(7)11(16)17)9(13)10(14)15/h2-4,9,13H,1H3,(H,14,15). The number of rotatable bonds is 5. The van der Waals surface area contributed by atoms with E-state index < -0.39 is 28.2 Å². The number of aliphatic hydroxyl groups is 1. The minimum atomic E-state index is -2.11. The molecule has 96 valence electrons. The highest BCUT2D eigenvalue weighted by Crippen LogP contribution is 2.35. The Bertz CT molecular complexity index is 511. The largest absolute Gasteiger partial charge is 0.490 e. The summed E-state index contributed by atoms with van der Waals surface area (Å²) in [5, 5.41) is 28.9. The van der Waals surface area contributed by atoms with Gasteiger partial charge in [-0.05, 0) is 12.1 Å². The number of carbonyl (C=O) groups excluding carboxylic acids is 1. The van der Waals surface area contributed by atoms with E-state index in [1.54, 1.807) is 0 Å². The molecule has 0 amide bonds. The highest BCUT2D eigenvalue weighted by molar-refractivity contribution is 5.82. The van der Waals surface area contributed by atoms with Gasteiger partial charge in [-0.2, -0.15) is 0 Å². The number of carbonyl (C=O) groups is 2. The second kappa shape index (κ2) is 5.23. The van der Waals surface area contributed by atoms with Crippen molar-refractivity contribution < 1.29 is 29.5 Å². The molecule has 0 radical (unpaired) electrons. The van der Waals surface area contributed by atoms with Gasteiger partial charge in [-0.25, -0.2) is 4.79 Å². The van der Waals surface area contributed by atoms with Crippen molar-refractivity contribution in [1.82, 2.24) is 0 Å². The SMILES string of the molecule is COc1cc(C=O)cc(C(O)C(=O)O)c1[N+](=O)[O-]. The maximum atomic E-state index is 10.9. The summed E-state index contributed by atoms with van der Waals surface area (Å²) in [7, 11) is 1.13. The van der Waals surface area contributed by atoms with Crippen molar-refractivity contribution in [3.8, 4) is 5.75 Å². The topological polar surface area (TPSA) is 127 Å². The van der Waals surface area contributed by atoms with E-state index in [-0.39, 0.29) is 11.3 Å². The van der Waals surface area contributed by atoms with E-state index in [9.17, 15) is 24.8 Å². The van der Waals surface area contributed by atoms with Crippen LogP contribution < -0.4 is 4.74 Å². The molecule has 0 fully saturated rings. The zero-order valence-corrected chi connectivity index (χ0v) is 9.19. The van der Waals surface area contributed by atoms with E-state index in [0.29, 0.717) is 6.29 Å². The fourth-order valence-electron chi connectivity index (χ4n) is 1.41. The lowest BCUT2D eigenvalue weighted by atomic mass is 10.0. The molecule has 0 aliphatic rings. The summed E-state index contributed by atoms with van der Waals surface area (Å²) in [5.74, 6) is -1.96. The van der Waals surface area contributed by atoms with Crippen LogP contribution in [0.25, 0.3) is 0 Å². The van der Waals surface area contributed by atoms with Gasteiger partial charge >= 0.3 is 11.7 Å². The predicted octanol–water partition coefficient (Wildman–Crippen LogP) is 0.534. The molecule has 0 aliphatic heterocycles. The van der Waals surface area contributed by atoms with E-state index >= 15 is 0 Å². The van der Waals surface area contributed by atoms with Gasteiger partial charge in [-0.1, -0.05) is 0 Å². The maximum absolute atomic E-state index is 10.9. The van der Waals surface area contributed by atoms with Crippen LogP contribution in [0.1, 0.15) is 22.0 Å². The van der Waals surface area contributed by atoms with Crippen LogP contribution in [0, 0.1) is 10.1 Å². The molecule has 0 saturated carbocycles. The Morgan fingerprint density at radius 2 is 2.17 bits per heavy atom. The van der Waals surface area contributed by atoms with E-state index in [1.165, 1.54) is 0 Å². The Kier molecular flexibility index (Phi) is 3.95. The van der Waals surface area contributed by atoms with Crippen molar-refractivity contribution in [2.75, 3.05) is 7.11 Å². The van der Waals surface area contributed by atoms with Crippen LogP contribution in [0.4, 0.5) is 5.69 Å². The third kappa shape index (κ3) is 2.43. The molecule has 0 aromatic heterocycles. The van der Waals surface area contributed by atoms with Gasteiger partial charge in [0.15, 0.2) is 11.9 Å². The van der Waals surface area contributed by atoms with Gasteiger partial charge in [0.2, 0.25) is 0 Å². The molecule has 8 nitrogen and oxygen atoms in total. The minimum Gasteiger partial charge on any atom is -0.490 e. The van der Waals surface area contributed by atoms with Gasteiger partial charge in [0.25, 0.3) is 0 Å². The number of benzene rings is 1. The fraction of sp³-hybridized carbons (Fsp3) is 0.200. The first kappa shape index (κ1) is 13.6. The Morgan fingerprint density at radius 3 is 2.56 bits per heavy atom. The molecule has 2 N–H and O–H groups in total. The number of carboxylic acid groups (broad SMARTS) is 1. The molecule has 1 unspecified atom stereocenters. The molecule has 0 bridgehead atoms. The zero-order valence-electron chi connectivity index (χ0n) is 9.19. The predicted molar refractivity (Wildman–Crippen MR) is 57.6 cm³/mol. The summed E-state index contributed by atoms with van der Waals surface area (Å²) in [6, 6.07) is 2.02. The minimum absolute atomic E-state index is 0.0345. The number of nitro groups is 1. The molecule has 0 spiro atoms. The lowest BCUT2D eigenvalue weighted by molar-refractivity contribution is -0.387. The fourth-order valence-corrected chi connectivity index (χ4v) is 1.41. The molecule has 18 heavy (non-hydrogen) atoms. The second-order valence-corrected chi connectivity index (χ2v) is 3.28. The maximum Gasteiger partial charge on any atom is 0.337 e. The molecular formula is C10H9NO7. The molecule has 1 aromatic carbocycles. The number of hydrogen-bond donors (Lipinski definition) is 2. The summed E-state index contributed by atoms with van der Waals surface area (Å²) < 4.78 is 4.72. The highest BCUT2D eigenvalue weighted by Gasteiger charge is 2.30. The summed E-state index contributed by atoms with van der Waals surface area (Å²) in [6.45, 7) is 0. The molecule has 0 aliphatic carbocycles. The van der Waals surface area contributed by atoms with Crippen LogP contribution in [0.15, 0.2) is 12.1 Å². The highest BCUT2D eigenvalue weighted by atomic mass is 16.6. The molecule has 8 heteroatoms. The Labute approximate surface area is 101 Å². The first-order valence-electron chi connectivity index (χ1n) is 4.64. The summed E-state index contributed by atoms with van der Waals surface area (Å²) in [6.07, 6.45) is -1.75. The molecule has 0 heterocycles. The third-order valence-electron chi connectivity index (χ3n) is 2.19. The lowest BCUT2D eigenvalue weighted by Gasteiger charge is -2.10. The average molecular weight is 255 g/mol. The molecule has 1 aromatic rings. The lowest BCUT2D eigenvalue weighted by Crippen LogP contribution is -2.13. The van der Waals surface area contributed by atoms with Crippen molar-refractivity contribution >= 4 is 17.9 Å². The third-order valence-corrected chi connectivity index (χ3v) is 2.19. The second-order valence-electron chi connectivity index (χ2n) is 3.28. The van der Waals surface area contributed by atoms with Crippen LogP contribution >= 0.6 is 0 Å². The number of ether oxygens (including phenoxy) is 1. The van der Waals surface area contributed by atoms with Crippen molar-refractivity contribution in [2.45, 2.75) is 6.10 Å². The first-order chi connectivity index (χ1) is 8.42. The van der Waals surface area contributed by atoms with Gasteiger partial charge in [-0.15, -0.1) is 0 Å². The Hall–Kier alpha value is -2.48. The molecule has 0 saturated heterocycles. The number of nitro benzene ring substituents is 1. The smallest absolute Gasteiger partial charge is 0.337 e. The average Bonchev–Trinajstić information content (AvgIpc) is 2.35. The van der Waals surface area contributed by atoms with Crippen LogP contribution in [0.2, 0.25) is 0 Å². The van der Waals surface area contributed by atoms with E-state index in [4.69, 9.17) is 9.84 Å². The zero-order chi connectivity index (χ0) is 13.9. The number of methoxy groups -OCH3 is 1. The van der Waals surface area contributed by atoms with E-state index in [0.717, 1.165) is 19.2 Å². The van der Waals surface area contributed by atoms with Crippen molar-refractivity contribution in [1.29, 1.82) is 0 Å². The molecular weight excluding hydrogens is 246 g/mol. The number of nitrogens with zero attached hydrogens (tertiary/aromatic N) is 1. The van der Waals surface area contributed by atoms with Crippen LogP contribution in [-0.4, -0.2) is 34.5 Å². The quantitative estimate of drug-likeness (QED) is 0.446. The van der Waals surface area contributed by atoms with Crippen molar-refractivity contribution in [3.63, 3.8) is 0 Å². The Balaban J connectivity index is 3.58. The van der Waals surface area contributed by atoms with Crippen LogP contribution in [0.5, 0.6) is 5.75 Å². The Morgan fingerprint density at radius 1 is 1.56 bits per heavy atom. The van der Waals surface area contributed by atoms with Gasteiger partial charge < -0.3 is 14.9 Å².